The van der Waals surface area contributed by atoms with Gasteiger partial charge in [0.05, 0.1) is 17.1 Å². The van der Waals surface area contributed by atoms with Crippen molar-refractivity contribution in [2.75, 3.05) is 17.7 Å². The van der Waals surface area contributed by atoms with Crippen molar-refractivity contribution < 1.29 is 22.7 Å². The Hall–Kier alpha value is -2.71. The lowest BCUT2D eigenvalue weighted by Gasteiger charge is -2.11. The van der Waals surface area contributed by atoms with E-state index in [1.807, 2.05) is 37.3 Å². The largest absolute Gasteiger partial charge is 0.456 e. The molecule has 0 spiro atoms. The second kappa shape index (κ2) is 10.1. The molecule has 0 aliphatic carbocycles. The third-order valence-electron chi connectivity index (χ3n) is 4.74. The van der Waals surface area contributed by atoms with Crippen LogP contribution in [0, 0.1) is 0 Å². The minimum atomic E-state index is -3.65. The molecule has 3 aromatic carbocycles. The van der Waals surface area contributed by atoms with E-state index in [9.17, 15) is 18.0 Å². The molecule has 8 heteroatoms. The molecule has 3 aromatic rings. The van der Waals surface area contributed by atoms with Gasteiger partial charge in [-0.25, -0.2) is 8.42 Å². The van der Waals surface area contributed by atoms with E-state index in [1.165, 1.54) is 6.07 Å². The van der Waals surface area contributed by atoms with E-state index in [0.29, 0.717) is 5.69 Å². The lowest BCUT2D eigenvalue weighted by molar-refractivity contribution is -0.146. The van der Waals surface area contributed by atoms with Gasteiger partial charge in [-0.05, 0) is 53.1 Å². The highest BCUT2D eigenvalue weighted by Crippen LogP contribution is 2.22. The number of ether oxygens (including phenoxy) is 1. The monoisotopic (exact) mass is 503 g/mol. The van der Waals surface area contributed by atoms with E-state index >= 15 is 0 Å². The first-order valence-electron chi connectivity index (χ1n) is 9.74. The molecule has 0 bridgehead atoms. The van der Waals surface area contributed by atoms with Gasteiger partial charge >= 0.3 is 5.97 Å². The summed E-state index contributed by atoms with van der Waals surface area (Å²) in [4.78, 5) is 24.2. The molecule has 0 aliphatic heterocycles. The summed E-state index contributed by atoms with van der Waals surface area (Å²) in [6.45, 7) is 1.49. The van der Waals surface area contributed by atoms with Gasteiger partial charge in [-0.1, -0.05) is 53.2 Å². The Kier molecular flexibility index (Phi) is 7.46. The maximum Gasteiger partial charge on any atom is 0.307 e. The van der Waals surface area contributed by atoms with Crippen molar-refractivity contribution in [3.05, 3.63) is 70.7 Å². The fourth-order valence-corrected chi connectivity index (χ4v) is 4.74. The van der Waals surface area contributed by atoms with Gasteiger partial charge in [0, 0.05) is 10.2 Å². The zero-order valence-corrected chi connectivity index (χ0v) is 19.3. The Labute approximate surface area is 189 Å². The Bertz CT molecular complexity index is 1220. The number of carbonyl (C=O) groups excluding carboxylic acids is 2. The minimum absolute atomic E-state index is 0.152. The van der Waals surface area contributed by atoms with Crippen LogP contribution in [0.2, 0.25) is 0 Å². The fraction of sp³-hybridized carbons (Fsp3) is 0.217. The minimum Gasteiger partial charge on any atom is -0.456 e. The molecule has 1 amide bonds. The zero-order valence-electron chi connectivity index (χ0n) is 16.9. The molecule has 3 rings (SSSR count). The number of nitrogens with one attached hydrogen (secondary N) is 1. The molecule has 1 N–H and O–H groups in total. The number of hydrogen-bond acceptors (Lipinski definition) is 5. The van der Waals surface area contributed by atoms with Crippen LogP contribution in [-0.4, -0.2) is 32.7 Å². The summed E-state index contributed by atoms with van der Waals surface area (Å²) in [6, 6.07) is 17.8. The van der Waals surface area contributed by atoms with Crippen LogP contribution in [0.1, 0.15) is 18.9 Å². The summed E-state index contributed by atoms with van der Waals surface area (Å²) in [7, 11) is -3.65. The Morgan fingerprint density at radius 1 is 1.00 bits per heavy atom. The molecule has 0 aliphatic rings. The van der Waals surface area contributed by atoms with Gasteiger partial charge in [0.15, 0.2) is 16.4 Å². The maximum atomic E-state index is 12.6. The summed E-state index contributed by atoms with van der Waals surface area (Å²) in [5.74, 6) is -1.62. The maximum absolute atomic E-state index is 12.6. The van der Waals surface area contributed by atoms with Gasteiger partial charge in [0.1, 0.15) is 0 Å². The van der Waals surface area contributed by atoms with E-state index < -0.39 is 34.1 Å². The first-order chi connectivity index (χ1) is 14.8. The summed E-state index contributed by atoms with van der Waals surface area (Å²) in [5, 5.41) is 4.45. The van der Waals surface area contributed by atoms with Crippen molar-refractivity contribution in [2.45, 2.75) is 24.7 Å². The molecule has 31 heavy (non-hydrogen) atoms. The highest BCUT2D eigenvalue weighted by Gasteiger charge is 2.18. The van der Waals surface area contributed by atoms with Crippen molar-refractivity contribution in [3.63, 3.8) is 0 Å². The molecule has 0 saturated heterocycles. The molecule has 0 radical (unpaired) electrons. The van der Waals surface area contributed by atoms with Crippen LogP contribution in [0.3, 0.4) is 0 Å². The Morgan fingerprint density at radius 3 is 2.48 bits per heavy atom. The number of sulfone groups is 1. The van der Waals surface area contributed by atoms with E-state index in [0.717, 1.165) is 27.2 Å². The number of halogens is 1. The smallest absolute Gasteiger partial charge is 0.307 e. The average Bonchev–Trinajstić information content (AvgIpc) is 2.77. The van der Waals surface area contributed by atoms with Crippen molar-refractivity contribution in [2.24, 2.45) is 0 Å². The number of benzene rings is 3. The van der Waals surface area contributed by atoms with E-state index in [2.05, 4.69) is 21.2 Å². The summed E-state index contributed by atoms with van der Waals surface area (Å²) < 4.78 is 31.0. The predicted octanol–water partition coefficient (Wildman–Crippen LogP) is 4.51. The van der Waals surface area contributed by atoms with E-state index in [-0.39, 0.29) is 11.3 Å². The standard InChI is InChI=1S/C23H22BrNO5S/c1-2-16-13-19(24)8-10-21(16)25-22(26)15-30-23(27)11-12-31(28,29)20-9-7-17-5-3-4-6-18(17)14-20/h3-10,13-14H,2,11-12,15H2,1H3,(H,25,26). The predicted molar refractivity (Wildman–Crippen MR) is 124 cm³/mol. The quantitative estimate of drug-likeness (QED) is 0.456. The Morgan fingerprint density at radius 2 is 1.74 bits per heavy atom. The van der Waals surface area contributed by atoms with Crippen LogP contribution >= 0.6 is 15.9 Å². The van der Waals surface area contributed by atoms with Gasteiger partial charge < -0.3 is 10.1 Å². The van der Waals surface area contributed by atoms with Crippen LogP contribution in [0.25, 0.3) is 10.8 Å². The second-order valence-corrected chi connectivity index (χ2v) is 9.97. The number of amides is 1. The molecule has 0 saturated carbocycles. The number of esters is 1. The van der Waals surface area contributed by atoms with Crippen LogP contribution in [-0.2, 0) is 30.6 Å². The summed E-state index contributed by atoms with van der Waals surface area (Å²) in [6.07, 6.45) is 0.391. The molecule has 0 heterocycles. The molecule has 0 fully saturated rings. The van der Waals surface area contributed by atoms with Crippen LogP contribution in [0.4, 0.5) is 5.69 Å². The average molecular weight is 504 g/mol. The highest BCUT2D eigenvalue weighted by molar-refractivity contribution is 9.10. The first kappa shape index (κ1) is 23.0. The number of carbonyl (C=O) groups is 2. The first-order valence-corrected chi connectivity index (χ1v) is 12.2. The zero-order chi connectivity index (χ0) is 22.4. The third kappa shape index (κ3) is 6.15. The number of anilines is 1. The lowest BCUT2D eigenvalue weighted by Crippen LogP contribution is -2.22. The molecule has 162 valence electrons. The lowest BCUT2D eigenvalue weighted by atomic mass is 10.1. The van der Waals surface area contributed by atoms with Crippen molar-refractivity contribution in [1.29, 1.82) is 0 Å². The summed E-state index contributed by atoms with van der Waals surface area (Å²) >= 11 is 3.38. The van der Waals surface area contributed by atoms with Gasteiger partial charge in [-0.2, -0.15) is 0 Å². The molecule has 0 aromatic heterocycles. The molecular formula is C23H22BrNO5S. The SMILES string of the molecule is CCc1cc(Br)ccc1NC(=O)COC(=O)CCS(=O)(=O)c1ccc2ccccc2c1. The van der Waals surface area contributed by atoms with Crippen LogP contribution in [0.15, 0.2) is 70.0 Å². The topological polar surface area (TPSA) is 89.5 Å². The van der Waals surface area contributed by atoms with Crippen LogP contribution < -0.4 is 5.32 Å². The third-order valence-corrected chi connectivity index (χ3v) is 6.95. The highest BCUT2D eigenvalue weighted by atomic mass is 79.9. The Balaban J connectivity index is 1.52. The van der Waals surface area contributed by atoms with Gasteiger partial charge in [0.25, 0.3) is 5.91 Å². The number of fused-ring (bicyclic) bond motifs is 1. The van der Waals surface area contributed by atoms with E-state index in [4.69, 9.17) is 4.74 Å². The number of hydrogen-bond donors (Lipinski definition) is 1. The summed E-state index contributed by atoms with van der Waals surface area (Å²) in [5.41, 5.74) is 1.58. The van der Waals surface area contributed by atoms with E-state index in [1.54, 1.807) is 24.3 Å². The second-order valence-electron chi connectivity index (χ2n) is 6.94. The normalized spacial score (nSPS) is 11.3. The van der Waals surface area contributed by atoms with Gasteiger partial charge in [-0.3, -0.25) is 9.59 Å². The number of aryl methyl sites for hydroxylation is 1. The molecule has 0 unspecified atom stereocenters. The van der Waals surface area contributed by atoms with Crippen molar-refractivity contribution in [1.82, 2.24) is 0 Å². The van der Waals surface area contributed by atoms with Crippen molar-refractivity contribution in [3.8, 4) is 0 Å². The van der Waals surface area contributed by atoms with Crippen LogP contribution in [0.5, 0.6) is 0 Å². The van der Waals surface area contributed by atoms with Gasteiger partial charge in [0.2, 0.25) is 0 Å². The molecular weight excluding hydrogens is 482 g/mol. The molecule has 0 atom stereocenters. The van der Waals surface area contributed by atoms with Crippen molar-refractivity contribution >= 4 is 54.1 Å². The molecule has 6 nitrogen and oxygen atoms in total. The number of rotatable bonds is 8. The van der Waals surface area contributed by atoms with Gasteiger partial charge in [-0.15, -0.1) is 0 Å². The fourth-order valence-electron chi connectivity index (χ4n) is 3.08.